The average Bonchev–Trinajstić information content (AvgIpc) is 3.81. The summed E-state index contributed by atoms with van der Waals surface area (Å²) in [6.07, 6.45) is 12.0. The number of allylic oxidation sites excluding steroid dienone is 4. The molecule has 0 aliphatic heterocycles. The van der Waals surface area contributed by atoms with Crippen molar-refractivity contribution in [3.8, 4) is 11.1 Å². The zero-order chi connectivity index (χ0) is 32.9. The molecule has 0 radical (unpaired) electrons. The summed E-state index contributed by atoms with van der Waals surface area (Å²) in [7, 11) is 0. The summed E-state index contributed by atoms with van der Waals surface area (Å²) in [6, 6.07) is 38.2. The molecule has 1 aromatic heterocycles. The Morgan fingerprint density at radius 3 is 1.85 bits per heavy atom. The Labute approximate surface area is 315 Å². The van der Waals surface area contributed by atoms with Gasteiger partial charge in [-0.3, -0.25) is 0 Å². The molecule has 0 saturated carbocycles. The molecule has 1 unspecified atom stereocenters. The van der Waals surface area contributed by atoms with Crippen LogP contribution in [0, 0.1) is 18.1 Å². The van der Waals surface area contributed by atoms with E-state index in [1.54, 1.807) is 12.5 Å². The van der Waals surface area contributed by atoms with E-state index >= 15 is 0 Å². The molecule has 1 atom stereocenters. The van der Waals surface area contributed by atoms with Crippen LogP contribution in [0.15, 0.2) is 126 Å². The van der Waals surface area contributed by atoms with Crippen molar-refractivity contribution in [2.24, 2.45) is 5.92 Å². The molecule has 0 saturated heterocycles. The summed E-state index contributed by atoms with van der Waals surface area (Å²) < 4.78 is 6.38. The van der Waals surface area contributed by atoms with Crippen LogP contribution in [-0.4, -0.2) is 3.21 Å². The fraction of sp³-hybridized carbons (Fsp3) is 0.250. The van der Waals surface area contributed by atoms with Crippen molar-refractivity contribution in [3.63, 3.8) is 0 Å². The van der Waals surface area contributed by atoms with Gasteiger partial charge in [0.2, 0.25) is 0 Å². The van der Waals surface area contributed by atoms with Crippen LogP contribution in [0.1, 0.15) is 87.4 Å². The Morgan fingerprint density at radius 2 is 1.35 bits per heavy atom. The van der Waals surface area contributed by atoms with Crippen LogP contribution in [0.5, 0.6) is 0 Å². The van der Waals surface area contributed by atoms with E-state index in [0.29, 0.717) is 5.92 Å². The summed E-state index contributed by atoms with van der Waals surface area (Å²) >= 11 is 1.46. The van der Waals surface area contributed by atoms with E-state index in [4.69, 9.17) is 4.42 Å². The van der Waals surface area contributed by atoms with Gasteiger partial charge in [-0.15, -0.1) is 17.2 Å². The third-order valence-electron chi connectivity index (χ3n) is 8.36. The number of halogens is 2. The van der Waals surface area contributed by atoms with Crippen LogP contribution in [0.25, 0.3) is 16.7 Å². The molecule has 2 aliphatic rings. The van der Waals surface area contributed by atoms with Crippen molar-refractivity contribution in [1.82, 2.24) is 0 Å². The van der Waals surface area contributed by atoms with Gasteiger partial charge in [0.25, 0.3) is 0 Å². The second-order valence-corrected chi connectivity index (χ2v) is 15.4. The monoisotopic (exact) mass is 748 g/mol. The molecule has 48 heavy (non-hydrogen) atoms. The number of hydrogen-bond donors (Lipinski definition) is 0. The Balaban J connectivity index is 0.000000202. The summed E-state index contributed by atoms with van der Waals surface area (Å²) in [5.74, 6) is 0.444. The molecule has 0 bridgehead atoms. The predicted octanol–water partition coefficient (Wildman–Crippen LogP) is 5.14. The molecule has 1 nitrogen and oxygen atoms in total. The van der Waals surface area contributed by atoms with Crippen LogP contribution < -0.4 is 24.8 Å². The van der Waals surface area contributed by atoms with Crippen LogP contribution in [0.3, 0.4) is 0 Å². The van der Waals surface area contributed by atoms with E-state index < -0.39 is 0 Å². The van der Waals surface area contributed by atoms with Gasteiger partial charge in [-0.2, -0.15) is 41.5 Å². The molecule has 0 amide bonds. The zero-order valence-electron chi connectivity index (χ0n) is 29.0. The molecular weight excluding hydrogens is 707 g/mol. The van der Waals surface area contributed by atoms with Crippen LogP contribution in [0.2, 0.25) is 0 Å². The van der Waals surface area contributed by atoms with Crippen LogP contribution >= 0.6 is 0 Å². The summed E-state index contributed by atoms with van der Waals surface area (Å²) in [6.45, 7) is 15.7. The minimum atomic E-state index is 0. The fourth-order valence-corrected chi connectivity index (χ4v) is 6.40. The zero-order valence-corrected chi connectivity index (χ0v) is 33.0. The standard InChI is InChI=1S/C21H25.C13H10.C10H9O.2ClH.Zr/c1-20(2,3)16-7-9-18-14(12-16)11-15-13-17(21(4,5)6)8-10-19(15)18;1-3-7-12(8-4-1)11-13-9-5-2-6-10-13;1-8-2-3-9(6-8)10-4-5-11-7-10;;;/h7-10,12H,11H2,1-6H3;1-10H;2-5,7-8H,1H3;2*1H;/q-1;;-1;;;+2/p-2. The number of rotatable bonds is 3. The van der Waals surface area contributed by atoms with Crippen molar-refractivity contribution in [3.05, 3.63) is 173 Å². The summed E-state index contributed by atoms with van der Waals surface area (Å²) in [5, 5.41) is 0. The van der Waals surface area contributed by atoms with Gasteiger partial charge >= 0.3 is 99.2 Å². The molecule has 0 N–H and O–H groups in total. The first-order chi connectivity index (χ1) is 21.9. The second kappa shape index (κ2) is 17.1. The summed E-state index contributed by atoms with van der Waals surface area (Å²) in [4.78, 5) is 0. The number of hydrogen-bond acceptors (Lipinski definition) is 1. The van der Waals surface area contributed by atoms with Crippen molar-refractivity contribution in [2.45, 2.75) is 65.7 Å². The number of furan rings is 1. The SMILES string of the molecule is CC(C)(C)c1[c-]c2c(cc1)-c1ccc(C(C)(C)C)cc1C2.CC1[C-]=C(c2ccoc2)C=C1.[Cl-].[Cl-].[Zr+2]=[C](c1ccccc1)c1ccccc1. The molecule has 7 rings (SSSR count). The van der Waals surface area contributed by atoms with E-state index in [-0.39, 0.29) is 35.6 Å². The molecule has 0 spiro atoms. The van der Waals surface area contributed by atoms with E-state index in [2.05, 4.69) is 164 Å². The topological polar surface area (TPSA) is 13.1 Å². The van der Waals surface area contributed by atoms with Gasteiger partial charge in [-0.1, -0.05) is 89.8 Å². The maximum atomic E-state index is 4.97. The molecule has 4 aromatic carbocycles. The minimum absolute atomic E-state index is 0. The Bertz CT molecular complexity index is 1740. The number of benzene rings is 4. The second-order valence-electron chi connectivity index (χ2n) is 14.1. The first kappa shape index (κ1) is 39.4. The van der Waals surface area contributed by atoms with Gasteiger partial charge in [0, 0.05) is 6.26 Å². The van der Waals surface area contributed by atoms with Gasteiger partial charge in [-0.05, 0) is 28.4 Å². The average molecular weight is 751 g/mol. The first-order valence-corrected chi connectivity index (χ1v) is 17.4. The van der Waals surface area contributed by atoms with Crippen molar-refractivity contribution < 1.29 is 53.5 Å². The Kier molecular flexibility index (Phi) is 14.0. The molecule has 4 heteroatoms. The fourth-order valence-electron chi connectivity index (χ4n) is 5.58. The molecule has 5 aromatic rings. The van der Waals surface area contributed by atoms with Gasteiger partial charge < -0.3 is 29.2 Å². The van der Waals surface area contributed by atoms with E-state index in [9.17, 15) is 0 Å². The van der Waals surface area contributed by atoms with Crippen LogP contribution in [-0.2, 0) is 41.5 Å². The van der Waals surface area contributed by atoms with Gasteiger partial charge in [0.1, 0.15) is 0 Å². The molecule has 2 aliphatic carbocycles. The molecule has 0 fully saturated rings. The van der Waals surface area contributed by atoms with Gasteiger partial charge in [-0.25, -0.2) is 0 Å². The van der Waals surface area contributed by atoms with Gasteiger partial charge in [0.15, 0.2) is 0 Å². The van der Waals surface area contributed by atoms with E-state index in [1.807, 2.05) is 6.07 Å². The van der Waals surface area contributed by atoms with Gasteiger partial charge in [0.05, 0.1) is 6.26 Å². The summed E-state index contributed by atoms with van der Waals surface area (Å²) in [5.41, 5.74) is 13.6. The van der Waals surface area contributed by atoms with E-state index in [0.717, 1.165) is 17.6 Å². The third-order valence-corrected chi connectivity index (χ3v) is 9.78. The van der Waals surface area contributed by atoms with Crippen LogP contribution in [0.4, 0.5) is 0 Å². The third kappa shape index (κ3) is 10.0. The Hall–Kier alpha value is -3.03. The predicted molar refractivity (Wildman–Crippen MR) is 191 cm³/mol. The number of fused-ring (bicyclic) bond motifs is 3. The quantitative estimate of drug-likeness (QED) is 0.229. The van der Waals surface area contributed by atoms with Crippen molar-refractivity contribution in [1.29, 1.82) is 0 Å². The van der Waals surface area contributed by atoms with Crippen molar-refractivity contribution in [2.75, 3.05) is 0 Å². The molecular formula is C44H44Cl2OZr-2. The normalized spacial score (nSPS) is 14.1. The molecule has 1 heterocycles. The van der Waals surface area contributed by atoms with E-state index in [1.165, 1.54) is 71.9 Å². The maximum absolute atomic E-state index is 4.97. The molecule has 246 valence electrons. The Morgan fingerprint density at radius 1 is 0.750 bits per heavy atom. The van der Waals surface area contributed by atoms with Crippen molar-refractivity contribution >= 4 is 8.78 Å². The first-order valence-electron chi connectivity index (χ1n) is 16.1.